The Kier molecular flexibility index (Phi) is 3.31. The summed E-state index contributed by atoms with van der Waals surface area (Å²) in [6.45, 7) is 0.243. The van der Waals surface area contributed by atoms with Gasteiger partial charge in [-0.15, -0.1) is 0 Å². The quantitative estimate of drug-likeness (QED) is 0.801. The van der Waals surface area contributed by atoms with E-state index in [-0.39, 0.29) is 6.54 Å². The van der Waals surface area contributed by atoms with Gasteiger partial charge in [0.2, 0.25) is 0 Å². The van der Waals surface area contributed by atoms with Gasteiger partial charge >= 0.3 is 0 Å². The molecule has 0 bridgehead atoms. The molecule has 0 aromatic heterocycles. The first-order chi connectivity index (χ1) is 6.27. The van der Waals surface area contributed by atoms with Crippen molar-refractivity contribution in [2.24, 2.45) is 0 Å². The Morgan fingerprint density at radius 1 is 1.38 bits per heavy atom. The normalized spacial score (nSPS) is 8.54. The maximum absolute atomic E-state index is 8.70. The zero-order valence-electron chi connectivity index (χ0n) is 6.71. The Balaban J connectivity index is 2.89. The van der Waals surface area contributed by atoms with Crippen molar-refractivity contribution in [2.45, 2.75) is 0 Å². The van der Waals surface area contributed by atoms with Gasteiger partial charge in [-0.3, -0.25) is 0 Å². The summed E-state index contributed by atoms with van der Waals surface area (Å²) in [7, 11) is 0. The SMILES string of the molecule is N#CCNc1ccc(Br)c(C#N)c1. The zero-order valence-corrected chi connectivity index (χ0v) is 8.30. The molecule has 1 aromatic carbocycles. The predicted molar refractivity (Wildman–Crippen MR) is 53.0 cm³/mol. The topological polar surface area (TPSA) is 59.6 Å². The number of rotatable bonds is 2. The average molecular weight is 236 g/mol. The Morgan fingerprint density at radius 3 is 2.77 bits per heavy atom. The summed E-state index contributed by atoms with van der Waals surface area (Å²) < 4.78 is 0.762. The third kappa shape index (κ3) is 2.47. The first-order valence-electron chi connectivity index (χ1n) is 3.58. The standard InChI is InChI=1S/C9H6BrN3/c10-9-2-1-8(13-4-3-11)5-7(9)6-12/h1-2,5,13H,4H2. The van der Waals surface area contributed by atoms with Crippen LogP contribution >= 0.6 is 15.9 Å². The highest BCUT2D eigenvalue weighted by Crippen LogP contribution is 2.19. The first-order valence-corrected chi connectivity index (χ1v) is 4.37. The summed E-state index contributed by atoms with van der Waals surface area (Å²) >= 11 is 3.24. The molecule has 1 rings (SSSR count). The van der Waals surface area contributed by atoms with Gasteiger partial charge in [-0.25, -0.2) is 0 Å². The second-order valence-electron chi connectivity index (χ2n) is 2.32. The molecule has 0 radical (unpaired) electrons. The molecule has 0 spiro atoms. The van der Waals surface area contributed by atoms with Crippen LogP contribution in [0, 0.1) is 22.7 Å². The number of nitrogens with zero attached hydrogens (tertiary/aromatic N) is 2. The minimum Gasteiger partial charge on any atom is -0.372 e. The highest BCUT2D eigenvalue weighted by Gasteiger charge is 1.99. The van der Waals surface area contributed by atoms with Crippen molar-refractivity contribution in [1.29, 1.82) is 10.5 Å². The lowest BCUT2D eigenvalue weighted by Crippen LogP contribution is -1.98. The molecule has 64 valence electrons. The van der Waals surface area contributed by atoms with Crippen molar-refractivity contribution in [3.8, 4) is 12.1 Å². The van der Waals surface area contributed by atoms with Crippen LogP contribution in [0.25, 0.3) is 0 Å². The second kappa shape index (κ2) is 4.49. The minimum atomic E-state index is 0.243. The number of anilines is 1. The van der Waals surface area contributed by atoms with E-state index in [1.165, 1.54) is 0 Å². The van der Waals surface area contributed by atoms with Gasteiger partial charge in [0.1, 0.15) is 12.6 Å². The smallest absolute Gasteiger partial charge is 0.103 e. The molecule has 0 amide bonds. The van der Waals surface area contributed by atoms with Crippen LogP contribution in [0.2, 0.25) is 0 Å². The van der Waals surface area contributed by atoms with E-state index in [1.807, 2.05) is 18.2 Å². The summed E-state index contributed by atoms with van der Waals surface area (Å²) in [6.07, 6.45) is 0. The van der Waals surface area contributed by atoms with Gasteiger partial charge in [0.05, 0.1) is 11.6 Å². The zero-order chi connectivity index (χ0) is 9.68. The number of halogens is 1. The molecule has 13 heavy (non-hydrogen) atoms. The fourth-order valence-electron chi connectivity index (χ4n) is 0.863. The predicted octanol–water partition coefficient (Wildman–Crippen LogP) is 2.26. The van der Waals surface area contributed by atoms with E-state index in [1.54, 1.807) is 12.1 Å². The molecule has 1 aromatic rings. The Hall–Kier alpha value is -1.52. The third-order valence-electron chi connectivity index (χ3n) is 1.46. The van der Waals surface area contributed by atoms with Gasteiger partial charge in [0.15, 0.2) is 0 Å². The van der Waals surface area contributed by atoms with E-state index < -0.39 is 0 Å². The van der Waals surface area contributed by atoms with E-state index in [4.69, 9.17) is 10.5 Å². The lowest BCUT2D eigenvalue weighted by atomic mass is 10.2. The lowest BCUT2D eigenvalue weighted by molar-refractivity contribution is 1.31. The summed E-state index contributed by atoms with van der Waals surface area (Å²) in [5, 5.41) is 19.9. The molecule has 4 heteroatoms. The average Bonchev–Trinajstić information content (AvgIpc) is 2.16. The van der Waals surface area contributed by atoms with E-state index >= 15 is 0 Å². The van der Waals surface area contributed by atoms with Crippen LogP contribution in [-0.2, 0) is 0 Å². The molecule has 0 heterocycles. The van der Waals surface area contributed by atoms with E-state index in [9.17, 15) is 0 Å². The van der Waals surface area contributed by atoms with Crippen LogP contribution in [-0.4, -0.2) is 6.54 Å². The summed E-state index contributed by atoms with van der Waals surface area (Å²) in [4.78, 5) is 0. The highest BCUT2D eigenvalue weighted by molar-refractivity contribution is 9.10. The van der Waals surface area contributed by atoms with Crippen molar-refractivity contribution < 1.29 is 0 Å². The molecule has 0 aliphatic heterocycles. The second-order valence-corrected chi connectivity index (χ2v) is 3.17. The summed E-state index contributed by atoms with van der Waals surface area (Å²) in [6, 6.07) is 9.28. The Bertz CT molecular complexity index is 387. The first kappa shape index (κ1) is 9.57. The molecular weight excluding hydrogens is 230 g/mol. The van der Waals surface area contributed by atoms with Crippen molar-refractivity contribution in [2.75, 3.05) is 11.9 Å². The van der Waals surface area contributed by atoms with Crippen molar-refractivity contribution in [1.82, 2.24) is 0 Å². The number of nitriles is 2. The maximum atomic E-state index is 8.70. The van der Waals surface area contributed by atoms with Crippen LogP contribution in [0.4, 0.5) is 5.69 Å². The van der Waals surface area contributed by atoms with Crippen LogP contribution in [0.1, 0.15) is 5.56 Å². The Labute approximate surface area is 84.7 Å². The van der Waals surface area contributed by atoms with Gasteiger partial charge in [0.25, 0.3) is 0 Å². The summed E-state index contributed by atoms with van der Waals surface area (Å²) in [5.74, 6) is 0. The largest absolute Gasteiger partial charge is 0.372 e. The molecule has 0 atom stereocenters. The molecule has 0 aliphatic rings. The molecule has 0 aliphatic carbocycles. The van der Waals surface area contributed by atoms with Crippen molar-refractivity contribution in [3.05, 3.63) is 28.2 Å². The molecule has 0 unspecified atom stereocenters. The van der Waals surface area contributed by atoms with E-state index in [0.717, 1.165) is 10.2 Å². The lowest BCUT2D eigenvalue weighted by Gasteiger charge is -2.02. The summed E-state index contributed by atoms with van der Waals surface area (Å²) in [5.41, 5.74) is 1.34. The van der Waals surface area contributed by atoms with Gasteiger partial charge in [0, 0.05) is 10.2 Å². The monoisotopic (exact) mass is 235 g/mol. The van der Waals surface area contributed by atoms with Crippen molar-refractivity contribution >= 4 is 21.6 Å². The molecule has 0 saturated heterocycles. The number of nitrogens with one attached hydrogen (secondary N) is 1. The van der Waals surface area contributed by atoms with Crippen LogP contribution in [0.15, 0.2) is 22.7 Å². The van der Waals surface area contributed by atoms with Crippen molar-refractivity contribution in [3.63, 3.8) is 0 Å². The van der Waals surface area contributed by atoms with Gasteiger partial charge in [-0.05, 0) is 34.1 Å². The minimum absolute atomic E-state index is 0.243. The molecule has 0 fully saturated rings. The maximum Gasteiger partial charge on any atom is 0.103 e. The van der Waals surface area contributed by atoms with Gasteiger partial charge < -0.3 is 5.32 Å². The third-order valence-corrected chi connectivity index (χ3v) is 2.15. The van der Waals surface area contributed by atoms with Gasteiger partial charge in [-0.2, -0.15) is 10.5 Å². The molecule has 0 saturated carbocycles. The fraction of sp³-hybridized carbons (Fsp3) is 0.111. The van der Waals surface area contributed by atoms with E-state index in [0.29, 0.717) is 5.56 Å². The Morgan fingerprint density at radius 2 is 2.15 bits per heavy atom. The van der Waals surface area contributed by atoms with E-state index in [2.05, 4.69) is 21.2 Å². The molecular formula is C9H6BrN3. The molecule has 1 N–H and O–H groups in total. The molecule has 3 nitrogen and oxygen atoms in total. The number of hydrogen-bond acceptors (Lipinski definition) is 3. The fourth-order valence-corrected chi connectivity index (χ4v) is 1.20. The van der Waals surface area contributed by atoms with Crippen LogP contribution in [0.5, 0.6) is 0 Å². The number of benzene rings is 1. The number of hydrogen-bond donors (Lipinski definition) is 1. The van der Waals surface area contributed by atoms with Gasteiger partial charge in [-0.1, -0.05) is 0 Å². The van der Waals surface area contributed by atoms with Crippen LogP contribution < -0.4 is 5.32 Å². The van der Waals surface area contributed by atoms with Crippen LogP contribution in [0.3, 0.4) is 0 Å². The highest BCUT2D eigenvalue weighted by atomic mass is 79.9.